The summed E-state index contributed by atoms with van der Waals surface area (Å²) in [5.74, 6) is 4.26. The van der Waals surface area contributed by atoms with Gasteiger partial charge in [-0.15, -0.1) is 6.42 Å². The van der Waals surface area contributed by atoms with Crippen LogP contribution in [0.25, 0.3) is 10.9 Å². The lowest BCUT2D eigenvalue weighted by Crippen LogP contribution is -2.54. The van der Waals surface area contributed by atoms with Crippen LogP contribution in [0.5, 0.6) is 5.75 Å². The third-order valence-electron chi connectivity index (χ3n) is 13.3. The highest BCUT2D eigenvalue weighted by molar-refractivity contribution is 5.98. The van der Waals surface area contributed by atoms with E-state index >= 15 is 0 Å². The number of carbonyl (C=O) groups is 3. The molecule has 2 saturated heterocycles. The van der Waals surface area contributed by atoms with Gasteiger partial charge in [-0.25, -0.2) is 9.78 Å². The van der Waals surface area contributed by atoms with Gasteiger partial charge >= 0.3 is 6.09 Å². The maximum atomic E-state index is 14.0. The minimum Gasteiger partial charge on any atom is -0.408 e. The van der Waals surface area contributed by atoms with E-state index in [0.29, 0.717) is 74.8 Å². The van der Waals surface area contributed by atoms with E-state index in [1.54, 1.807) is 25.1 Å². The number of ether oxygens (including phenoxy) is 1. The van der Waals surface area contributed by atoms with Gasteiger partial charge in [0.25, 0.3) is 5.91 Å². The maximum Gasteiger partial charge on any atom is 0.414 e. The molecule has 2 aromatic carbocycles. The van der Waals surface area contributed by atoms with Crippen LogP contribution in [-0.2, 0) is 11.2 Å². The van der Waals surface area contributed by atoms with E-state index in [4.69, 9.17) is 11.2 Å². The second-order valence-electron chi connectivity index (χ2n) is 16.1. The van der Waals surface area contributed by atoms with E-state index in [1.807, 2.05) is 35.2 Å². The number of hydrogen-bond donors (Lipinski definition) is 1. The average molecular weight is 704 g/mol. The number of fused-ring (bicyclic) bond motifs is 6. The number of nitrogens with zero attached hydrogens (tertiary/aromatic N) is 5. The molecule has 6 atom stereocenters. The third kappa shape index (κ3) is 5.60. The van der Waals surface area contributed by atoms with Gasteiger partial charge in [0, 0.05) is 57.6 Å². The van der Waals surface area contributed by atoms with E-state index in [0.717, 1.165) is 55.1 Å². The lowest BCUT2D eigenvalue weighted by Gasteiger charge is -2.52. The van der Waals surface area contributed by atoms with Gasteiger partial charge in [0.2, 0.25) is 5.91 Å². The van der Waals surface area contributed by atoms with Crippen LogP contribution in [0.2, 0.25) is 0 Å². The number of aryl methyl sites for hydroxylation is 1. The first kappa shape index (κ1) is 34.5. The van der Waals surface area contributed by atoms with E-state index in [1.165, 1.54) is 16.0 Å². The van der Waals surface area contributed by atoms with Crippen LogP contribution < -0.4 is 9.64 Å². The molecule has 3 heterocycles. The first-order chi connectivity index (χ1) is 25.0. The zero-order chi connectivity index (χ0) is 36.4. The fraction of sp³-hybridized carbons (Fsp3) is 0.524. The summed E-state index contributed by atoms with van der Waals surface area (Å²) in [6.07, 6.45) is 12.2. The zero-order valence-electron chi connectivity index (χ0n) is 30.5. The molecule has 8 rings (SSSR count). The summed E-state index contributed by atoms with van der Waals surface area (Å²) in [4.78, 5) is 52.4. The monoisotopic (exact) mass is 703 g/mol. The largest absolute Gasteiger partial charge is 0.414 e. The summed E-state index contributed by atoms with van der Waals surface area (Å²) in [5, 5.41) is 12.4. The van der Waals surface area contributed by atoms with Gasteiger partial charge in [-0.3, -0.25) is 9.59 Å². The SMILES string of the molecule is C#C[C@]1(O)CC[C@H]2[C@@H]3CCc4cc(OC(=O)N(C)C)c(N5CCN(C(=O)[C@@H]6CCCN6C(=O)c6ccc7ccccc7n6)CC5)cc4[C@H]3CC[C@@]21C. The van der Waals surface area contributed by atoms with Gasteiger partial charge < -0.3 is 29.4 Å². The Labute approximate surface area is 306 Å². The summed E-state index contributed by atoms with van der Waals surface area (Å²) < 4.78 is 6.01. The molecule has 2 aliphatic heterocycles. The number of pyridine rings is 1. The molecule has 0 spiro atoms. The van der Waals surface area contributed by atoms with Crippen molar-refractivity contribution in [3.05, 3.63) is 65.4 Å². The van der Waals surface area contributed by atoms with Crippen LogP contribution in [0.15, 0.2) is 48.5 Å². The number of likely N-dealkylation sites (tertiary alicyclic amines) is 1. The zero-order valence-corrected chi connectivity index (χ0v) is 30.5. The Morgan fingerprint density at radius 2 is 1.77 bits per heavy atom. The number of anilines is 1. The fourth-order valence-corrected chi connectivity index (χ4v) is 10.3. The summed E-state index contributed by atoms with van der Waals surface area (Å²) in [7, 11) is 3.36. The number of carbonyl (C=O) groups excluding carboxylic acids is 3. The predicted molar refractivity (Wildman–Crippen MR) is 199 cm³/mol. The summed E-state index contributed by atoms with van der Waals surface area (Å²) in [6.45, 7) is 4.89. The summed E-state index contributed by atoms with van der Waals surface area (Å²) in [6, 6.07) is 15.2. The Hall–Kier alpha value is -4.62. The molecular weight excluding hydrogens is 654 g/mol. The highest BCUT2D eigenvalue weighted by atomic mass is 16.6. The van der Waals surface area contributed by atoms with Crippen molar-refractivity contribution < 1.29 is 24.2 Å². The highest BCUT2D eigenvalue weighted by Crippen LogP contribution is 2.64. The van der Waals surface area contributed by atoms with Crippen LogP contribution >= 0.6 is 0 Å². The lowest BCUT2D eigenvalue weighted by atomic mass is 9.53. The van der Waals surface area contributed by atoms with Crippen molar-refractivity contribution >= 4 is 34.5 Å². The van der Waals surface area contributed by atoms with Crippen molar-refractivity contribution in [3.8, 4) is 18.1 Å². The molecule has 0 radical (unpaired) electrons. The van der Waals surface area contributed by atoms with Gasteiger partial charge in [0.05, 0.1) is 11.2 Å². The quantitative estimate of drug-likeness (QED) is 0.360. The van der Waals surface area contributed by atoms with Crippen LogP contribution in [-0.4, -0.2) is 101 Å². The van der Waals surface area contributed by atoms with Gasteiger partial charge in [-0.05, 0) is 105 Å². The maximum absolute atomic E-state index is 14.0. The van der Waals surface area contributed by atoms with Crippen molar-refractivity contribution in [2.75, 3.05) is 51.7 Å². The molecule has 0 bridgehead atoms. The Morgan fingerprint density at radius 3 is 2.54 bits per heavy atom. The smallest absolute Gasteiger partial charge is 0.408 e. The molecule has 272 valence electrons. The second kappa shape index (κ2) is 13.1. The van der Waals surface area contributed by atoms with Crippen molar-refractivity contribution in [2.45, 2.75) is 75.9 Å². The number of aromatic nitrogens is 1. The van der Waals surface area contributed by atoms with E-state index in [-0.39, 0.29) is 17.2 Å². The molecule has 10 nitrogen and oxygen atoms in total. The molecule has 0 unspecified atom stereocenters. The Balaban J connectivity index is 1.01. The molecular formula is C42H49N5O5. The molecule has 52 heavy (non-hydrogen) atoms. The summed E-state index contributed by atoms with van der Waals surface area (Å²) in [5.41, 5.74) is 3.21. The summed E-state index contributed by atoms with van der Waals surface area (Å²) >= 11 is 0. The number of aliphatic hydroxyl groups is 1. The topological polar surface area (TPSA) is 107 Å². The normalized spacial score (nSPS) is 29.6. The van der Waals surface area contributed by atoms with Crippen LogP contribution in [0.3, 0.4) is 0 Å². The first-order valence-corrected chi connectivity index (χ1v) is 19.0. The molecule has 3 aliphatic carbocycles. The first-order valence-electron chi connectivity index (χ1n) is 19.0. The number of hydrogen-bond acceptors (Lipinski definition) is 7. The number of terminal acetylenes is 1. The van der Waals surface area contributed by atoms with Gasteiger partial charge in [0.15, 0.2) is 5.75 Å². The van der Waals surface area contributed by atoms with Gasteiger partial charge in [0.1, 0.15) is 17.3 Å². The molecule has 10 heteroatoms. The number of benzene rings is 2. The standard InChI is InChI=1S/C42H49N5O5/c1-5-42(51)19-17-32-30-14-12-28-25-37(52-40(50)44(3)4)36(26-31(28)29(30)16-18-41(32,42)2)45-21-23-46(24-22-45)39(49)35-11-8-20-47(35)38(48)34-15-13-27-9-6-7-10-33(27)43-34/h1,6-7,9-10,13,15,25-26,29-30,32,35,51H,8,11-12,14,16-24H2,2-4H3/t29-,30+,32-,35-,41-,42-/m0/s1. The molecule has 1 N–H and O–H groups in total. The molecule has 2 saturated carbocycles. The van der Waals surface area contributed by atoms with Crippen molar-refractivity contribution in [3.63, 3.8) is 0 Å². The van der Waals surface area contributed by atoms with Crippen molar-refractivity contribution in [2.24, 2.45) is 17.3 Å². The highest BCUT2D eigenvalue weighted by Gasteiger charge is 2.61. The van der Waals surface area contributed by atoms with E-state index in [9.17, 15) is 19.5 Å². The Kier molecular flexibility index (Phi) is 8.68. The van der Waals surface area contributed by atoms with Crippen LogP contribution in [0.4, 0.5) is 10.5 Å². The number of rotatable bonds is 4. The number of amides is 3. The van der Waals surface area contributed by atoms with Gasteiger partial charge in [-0.1, -0.05) is 37.1 Å². The second-order valence-corrected chi connectivity index (χ2v) is 16.1. The number of piperazine rings is 1. The Bertz CT molecular complexity index is 1970. The minimum atomic E-state index is -1.05. The van der Waals surface area contributed by atoms with Crippen LogP contribution in [0.1, 0.15) is 79.4 Å². The molecule has 3 aromatic rings. The van der Waals surface area contributed by atoms with Crippen LogP contribution in [0, 0.1) is 29.6 Å². The average Bonchev–Trinajstić information content (AvgIpc) is 3.76. The lowest BCUT2D eigenvalue weighted by molar-refractivity contribution is -0.135. The molecule has 1 aromatic heterocycles. The minimum absolute atomic E-state index is 0.0208. The number of para-hydroxylation sites is 1. The molecule has 3 amide bonds. The van der Waals surface area contributed by atoms with E-state index in [2.05, 4.69) is 34.9 Å². The Morgan fingerprint density at radius 1 is 0.981 bits per heavy atom. The third-order valence-corrected chi connectivity index (χ3v) is 13.3. The van der Waals surface area contributed by atoms with Crippen molar-refractivity contribution in [1.82, 2.24) is 19.7 Å². The predicted octanol–water partition coefficient (Wildman–Crippen LogP) is 5.47. The van der Waals surface area contributed by atoms with E-state index < -0.39 is 17.7 Å². The fourth-order valence-electron chi connectivity index (χ4n) is 10.3. The molecule has 5 aliphatic rings. The molecule has 4 fully saturated rings. The van der Waals surface area contributed by atoms with Crippen molar-refractivity contribution in [1.29, 1.82) is 0 Å². The van der Waals surface area contributed by atoms with Gasteiger partial charge in [-0.2, -0.15) is 0 Å².